The van der Waals surface area contributed by atoms with Crippen molar-refractivity contribution in [3.05, 3.63) is 28.7 Å². The Kier molecular flexibility index (Phi) is 4.99. The van der Waals surface area contributed by atoms with E-state index in [0.717, 1.165) is 25.9 Å². The topological polar surface area (TPSA) is 71.5 Å². The Bertz CT molecular complexity index is 456. The predicted octanol–water partition coefficient (Wildman–Crippen LogP) is 0.667. The lowest BCUT2D eigenvalue weighted by Gasteiger charge is -2.35. The third-order valence-electron chi connectivity index (χ3n) is 3.85. The van der Waals surface area contributed by atoms with Gasteiger partial charge in [-0.25, -0.2) is 0 Å². The van der Waals surface area contributed by atoms with Crippen molar-refractivity contribution < 1.29 is 5.11 Å². The van der Waals surface area contributed by atoms with Gasteiger partial charge in [0, 0.05) is 43.7 Å². The third kappa shape index (κ3) is 3.81. The highest BCUT2D eigenvalue weighted by atomic mass is 16.3. The number of likely N-dealkylation sites (tertiary alicyclic amines) is 1. The molecule has 5 nitrogen and oxygen atoms in total. The summed E-state index contributed by atoms with van der Waals surface area (Å²) in [4.78, 5) is 14.1. The molecule has 0 bridgehead atoms. The van der Waals surface area contributed by atoms with Crippen LogP contribution in [-0.2, 0) is 6.54 Å². The molecule has 1 aromatic rings. The van der Waals surface area contributed by atoms with Gasteiger partial charge in [0.05, 0.1) is 0 Å². The van der Waals surface area contributed by atoms with E-state index >= 15 is 0 Å². The lowest BCUT2D eigenvalue weighted by atomic mass is 10.00. The molecule has 19 heavy (non-hydrogen) atoms. The van der Waals surface area contributed by atoms with E-state index in [1.54, 1.807) is 16.8 Å². The summed E-state index contributed by atoms with van der Waals surface area (Å²) >= 11 is 0. The summed E-state index contributed by atoms with van der Waals surface area (Å²) in [7, 11) is 0. The average Bonchev–Trinajstić information content (AvgIpc) is 2.42. The molecular formula is C14H23N3O2. The Morgan fingerprint density at radius 1 is 1.32 bits per heavy atom. The molecule has 0 spiro atoms. The van der Waals surface area contributed by atoms with Gasteiger partial charge in [-0.3, -0.25) is 9.69 Å². The molecule has 1 saturated heterocycles. The summed E-state index contributed by atoms with van der Waals surface area (Å²) in [5, 5.41) is 9.10. The Labute approximate surface area is 113 Å². The molecule has 1 aliphatic rings. The lowest BCUT2D eigenvalue weighted by Crippen LogP contribution is -2.42. The van der Waals surface area contributed by atoms with Crippen molar-refractivity contribution in [2.75, 3.05) is 25.4 Å². The number of aliphatic hydroxyl groups excluding tert-OH is 1. The van der Waals surface area contributed by atoms with Gasteiger partial charge in [-0.2, -0.15) is 0 Å². The van der Waals surface area contributed by atoms with Gasteiger partial charge in [0.25, 0.3) is 5.56 Å². The predicted molar refractivity (Wildman–Crippen MR) is 76.0 cm³/mol. The van der Waals surface area contributed by atoms with Crippen LogP contribution >= 0.6 is 0 Å². The second-order valence-corrected chi connectivity index (χ2v) is 5.19. The van der Waals surface area contributed by atoms with Crippen molar-refractivity contribution in [2.24, 2.45) is 0 Å². The quantitative estimate of drug-likeness (QED) is 0.821. The number of anilines is 1. The molecule has 5 heteroatoms. The van der Waals surface area contributed by atoms with Crippen LogP contribution in [-0.4, -0.2) is 40.3 Å². The van der Waals surface area contributed by atoms with E-state index in [-0.39, 0.29) is 12.2 Å². The summed E-state index contributed by atoms with van der Waals surface area (Å²) in [6, 6.07) is 3.60. The second-order valence-electron chi connectivity index (χ2n) is 5.19. The fourth-order valence-electron chi connectivity index (χ4n) is 2.79. The molecule has 2 rings (SSSR count). The minimum atomic E-state index is -0.00934. The number of hydrogen-bond donors (Lipinski definition) is 2. The summed E-state index contributed by atoms with van der Waals surface area (Å²) in [5.41, 5.74) is 6.31. The number of hydrogen-bond acceptors (Lipinski definition) is 4. The highest BCUT2D eigenvalue weighted by molar-refractivity contribution is 5.33. The van der Waals surface area contributed by atoms with Crippen molar-refractivity contribution in [2.45, 2.75) is 38.3 Å². The molecule has 1 atom stereocenters. The van der Waals surface area contributed by atoms with Crippen LogP contribution in [0.5, 0.6) is 0 Å². The van der Waals surface area contributed by atoms with Crippen LogP contribution in [0.2, 0.25) is 0 Å². The van der Waals surface area contributed by atoms with Crippen molar-refractivity contribution in [3.63, 3.8) is 0 Å². The molecule has 0 aliphatic carbocycles. The summed E-state index contributed by atoms with van der Waals surface area (Å²) in [6.07, 6.45) is 6.11. The largest absolute Gasteiger partial charge is 0.398 e. The molecule has 1 aromatic heterocycles. The number of nitrogen functional groups attached to an aromatic ring is 1. The second kappa shape index (κ2) is 6.73. The lowest BCUT2D eigenvalue weighted by molar-refractivity contribution is 0.115. The summed E-state index contributed by atoms with van der Waals surface area (Å²) in [6.45, 7) is 2.79. The first-order chi connectivity index (χ1) is 9.20. The SMILES string of the molecule is Nc1ccc(=O)n(CCN2CCCCC2CCO)c1. The Balaban J connectivity index is 1.96. The van der Waals surface area contributed by atoms with Crippen molar-refractivity contribution >= 4 is 5.69 Å². The van der Waals surface area contributed by atoms with E-state index in [1.165, 1.54) is 18.9 Å². The van der Waals surface area contributed by atoms with E-state index in [1.807, 2.05) is 0 Å². The minimum Gasteiger partial charge on any atom is -0.398 e. The van der Waals surface area contributed by atoms with Crippen LogP contribution in [0, 0.1) is 0 Å². The molecule has 0 amide bonds. The molecule has 3 N–H and O–H groups in total. The molecule has 2 heterocycles. The maximum absolute atomic E-state index is 11.7. The van der Waals surface area contributed by atoms with Gasteiger partial charge in [-0.05, 0) is 31.9 Å². The summed E-state index contributed by atoms with van der Waals surface area (Å²) < 4.78 is 1.67. The maximum Gasteiger partial charge on any atom is 0.250 e. The van der Waals surface area contributed by atoms with Gasteiger partial charge in [-0.1, -0.05) is 6.42 Å². The van der Waals surface area contributed by atoms with Gasteiger partial charge in [0.1, 0.15) is 0 Å². The number of piperidine rings is 1. The van der Waals surface area contributed by atoms with Crippen molar-refractivity contribution in [1.29, 1.82) is 0 Å². The van der Waals surface area contributed by atoms with E-state index in [2.05, 4.69) is 4.90 Å². The van der Waals surface area contributed by atoms with E-state index in [9.17, 15) is 4.79 Å². The Morgan fingerprint density at radius 3 is 2.95 bits per heavy atom. The Hall–Kier alpha value is -1.33. The molecule has 0 aromatic carbocycles. The number of nitrogens with zero attached hydrogens (tertiary/aromatic N) is 2. The third-order valence-corrected chi connectivity index (χ3v) is 3.85. The minimum absolute atomic E-state index is 0.00934. The van der Waals surface area contributed by atoms with Gasteiger partial charge in [0.15, 0.2) is 0 Å². The zero-order valence-electron chi connectivity index (χ0n) is 11.3. The number of aromatic nitrogens is 1. The normalized spacial score (nSPS) is 20.6. The smallest absolute Gasteiger partial charge is 0.250 e. The van der Waals surface area contributed by atoms with Crippen LogP contribution in [0.15, 0.2) is 23.1 Å². The summed E-state index contributed by atoms with van der Waals surface area (Å²) in [5.74, 6) is 0. The zero-order valence-corrected chi connectivity index (χ0v) is 11.3. The first-order valence-corrected chi connectivity index (χ1v) is 7.01. The van der Waals surface area contributed by atoms with Gasteiger partial charge in [-0.15, -0.1) is 0 Å². The van der Waals surface area contributed by atoms with Gasteiger partial charge in [0.2, 0.25) is 0 Å². The number of pyridine rings is 1. The van der Waals surface area contributed by atoms with Crippen LogP contribution in [0.1, 0.15) is 25.7 Å². The van der Waals surface area contributed by atoms with Crippen molar-refractivity contribution in [3.8, 4) is 0 Å². The zero-order chi connectivity index (χ0) is 13.7. The highest BCUT2D eigenvalue weighted by Gasteiger charge is 2.21. The Morgan fingerprint density at radius 2 is 2.16 bits per heavy atom. The van der Waals surface area contributed by atoms with Gasteiger partial charge < -0.3 is 15.4 Å². The molecule has 0 saturated carbocycles. The fourth-order valence-corrected chi connectivity index (χ4v) is 2.79. The van der Waals surface area contributed by atoms with Crippen LogP contribution in [0.25, 0.3) is 0 Å². The average molecular weight is 265 g/mol. The first-order valence-electron chi connectivity index (χ1n) is 7.01. The molecular weight excluding hydrogens is 242 g/mol. The molecule has 1 fully saturated rings. The standard InChI is InChI=1S/C14H23N3O2/c15-12-4-5-14(19)17(11-12)9-8-16-7-2-1-3-13(16)6-10-18/h4-5,11,13,18H,1-3,6-10,15H2. The maximum atomic E-state index is 11.7. The van der Waals surface area contributed by atoms with Crippen LogP contribution in [0.4, 0.5) is 5.69 Å². The van der Waals surface area contributed by atoms with Gasteiger partial charge >= 0.3 is 0 Å². The first kappa shape index (κ1) is 14.1. The van der Waals surface area contributed by atoms with Crippen LogP contribution in [0.3, 0.4) is 0 Å². The number of aliphatic hydroxyl groups is 1. The molecule has 1 aliphatic heterocycles. The van der Waals surface area contributed by atoms with Crippen LogP contribution < -0.4 is 11.3 Å². The molecule has 1 unspecified atom stereocenters. The number of rotatable bonds is 5. The highest BCUT2D eigenvalue weighted by Crippen LogP contribution is 2.19. The molecule has 0 radical (unpaired) electrons. The fraction of sp³-hybridized carbons (Fsp3) is 0.643. The van der Waals surface area contributed by atoms with E-state index in [0.29, 0.717) is 18.3 Å². The molecule has 106 valence electrons. The monoisotopic (exact) mass is 265 g/mol. The van der Waals surface area contributed by atoms with Crippen molar-refractivity contribution in [1.82, 2.24) is 9.47 Å². The van der Waals surface area contributed by atoms with E-state index in [4.69, 9.17) is 10.8 Å². The van der Waals surface area contributed by atoms with E-state index < -0.39 is 0 Å². The number of nitrogens with two attached hydrogens (primary N) is 1.